The molecule has 1 aliphatic heterocycles. The van der Waals surface area contributed by atoms with E-state index in [2.05, 4.69) is 27.2 Å². The number of rotatable bonds is 16. The van der Waals surface area contributed by atoms with Crippen molar-refractivity contribution >= 4 is 60.5 Å². The molecule has 60 heavy (non-hydrogen) atoms. The highest BCUT2D eigenvalue weighted by molar-refractivity contribution is 7.99. The third-order valence-electron chi connectivity index (χ3n) is 10.00. The third kappa shape index (κ3) is 11.4. The number of halogens is 4. The van der Waals surface area contributed by atoms with Crippen LogP contribution in [0, 0.1) is 0 Å². The third-order valence-corrected chi connectivity index (χ3v) is 14.3. The topological polar surface area (TPSA) is 119 Å². The van der Waals surface area contributed by atoms with E-state index in [4.69, 9.17) is 11.6 Å². The summed E-state index contributed by atoms with van der Waals surface area (Å²) in [6.45, 7) is 4.26. The van der Waals surface area contributed by atoms with Gasteiger partial charge in [-0.25, -0.2) is 21.6 Å². The number of alkyl halides is 3. The van der Waals surface area contributed by atoms with Gasteiger partial charge in [-0.1, -0.05) is 66.2 Å². The first kappa shape index (κ1) is 45.0. The highest BCUT2D eigenvalue weighted by Crippen LogP contribution is 2.37. The number of benzene rings is 5. The molecule has 0 bridgehead atoms. The summed E-state index contributed by atoms with van der Waals surface area (Å²) < 4.78 is 96.6. The molecule has 0 aromatic heterocycles. The van der Waals surface area contributed by atoms with E-state index in [0.717, 1.165) is 53.5 Å². The average Bonchev–Trinajstić information content (AvgIpc) is 3.22. The van der Waals surface area contributed by atoms with Crippen LogP contribution >= 0.6 is 23.4 Å². The molecule has 1 fully saturated rings. The van der Waals surface area contributed by atoms with Crippen molar-refractivity contribution in [2.45, 2.75) is 39.2 Å². The van der Waals surface area contributed by atoms with Gasteiger partial charge in [0.15, 0.2) is 0 Å². The molecular formula is C43H45ClF3N5O5S3. The van der Waals surface area contributed by atoms with Gasteiger partial charge >= 0.3 is 5.51 Å². The Morgan fingerprint density at radius 1 is 0.833 bits per heavy atom. The Hall–Kier alpha value is -4.58. The van der Waals surface area contributed by atoms with Crippen molar-refractivity contribution in [1.82, 2.24) is 14.5 Å². The first-order valence-electron chi connectivity index (χ1n) is 19.0. The number of amides is 1. The van der Waals surface area contributed by atoms with E-state index in [0.29, 0.717) is 42.9 Å². The molecular weight excluding hydrogens is 855 g/mol. The van der Waals surface area contributed by atoms with Crippen molar-refractivity contribution in [2.75, 3.05) is 62.8 Å². The Bertz CT molecular complexity index is 2470. The number of carbonyl (C=O) groups is 1. The molecule has 0 aliphatic carbocycles. The molecule has 6 rings (SSSR count). The maximum absolute atomic E-state index is 14.0. The van der Waals surface area contributed by atoms with E-state index in [1.807, 2.05) is 90.4 Å². The Morgan fingerprint density at radius 3 is 2.13 bits per heavy atom. The fourth-order valence-electron chi connectivity index (χ4n) is 6.72. The van der Waals surface area contributed by atoms with Crippen molar-refractivity contribution in [3.05, 3.63) is 137 Å². The predicted octanol–water partition coefficient (Wildman–Crippen LogP) is 8.27. The molecule has 0 saturated carbocycles. The molecule has 1 aliphatic rings. The summed E-state index contributed by atoms with van der Waals surface area (Å²) in [5, 5.41) is 3.61. The molecule has 1 saturated heterocycles. The molecule has 0 spiro atoms. The number of nitrogens with zero attached hydrogens (tertiary/aromatic N) is 3. The van der Waals surface area contributed by atoms with Gasteiger partial charge in [-0.15, -0.1) is 11.8 Å². The van der Waals surface area contributed by atoms with E-state index in [1.165, 1.54) is 29.5 Å². The molecule has 5 aromatic rings. The SMILES string of the molecule is CN(C)CCC(CSc1ccccc1)Nc1ccc(S(=O)(=O)NC(=O)c2ccc(N3CCN(Cc4ccccc4-c4ccc(Cl)cc4)CC3)cc2)cc1S(=O)(=O)C(F)(F)F. The lowest BCUT2D eigenvalue weighted by molar-refractivity contribution is -0.0435. The maximum Gasteiger partial charge on any atom is 0.501 e. The van der Waals surface area contributed by atoms with Crippen LogP contribution in [-0.4, -0.2) is 96.7 Å². The monoisotopic (exact) mass is 899 g/mol. The van der Waals surface area contributed by atoms with Crippen molar-refractivity contribution in [3.8, 4) is 11.1 Å². The summed E-state index contributed by atoms with van der Waals surface area (Å²) >= 11 is 7.54. The minimum absolute atomic E-state index is 0.0131. The Kier molecular flexibility index (Phi) is 14.6. The van der Waals surface area contributed by atoms with Crippen molar-refractivity contribution < 1.29 is 34.8 Å². The summed E-state index contributed by atoms with van der Waals surface area (Å²) in [5.74, 6) is -0.662. The number of piperazine rings is 1. The zero-order valence-electron chi connectivity index (χ0n) is 32.9. The van der Waals surface area contributed by atoms with Gasteiger partial charge < -0.3 is 15.1 Å². The average molecular weight is 901 g/mol. The number of sulfonamides is 1. The summed E-state index contributed by atoms with van der Waals surface area (Å²) in [6, 6.07) is 33.5. The zero-order valence-corrected chi connectivity index (χ0v) is 36.1. The van der Waals surface area contributed by atoms with Gasteiger partial charge in [0.25, 0.3) is 25.8 Å². The first-order valence-corrected chi connectivity index (χ1v) is 23.4. The van der Waals surface area contributed by atoms with Crippen LogP contribution in [0.25, 0.3) is 11.1 Å². The number of sulfone groups is 1. The number of hydrogen-bond acceptors (Lipinski definition) is 10. The second-order valence-electron chi connectivity index (χ2n) is 14.6. The molecule has 10 nitrogen and oxygen atoms in total. The maximum atomic E-state index is 14.0. The normalized spacial score (nSPS) is 14.6. The molecule has 5 aromatic carbocycles. The van der Waals surface area contributed by atoms with Gasteiger partial charge in [-0.2, -0.15) is 13.2 Å². The number of carbonyl (C=O) groups excluding carboxylic acids is 1. The van der Waals surface area contributed by atoms with Crippen LogP contribution in [0.2, 0.25) is 5.02 Å². The van der Waals surface area contributed by atoms with Crippen LogP contribution in [0.4, 0.5) is 24.5 Å². The summed E-state index contributed by atoms with van der Waals surface area (Å²) in [4.78, 5) is 18.4. The molecule has 318 valence electrons. The molecule has 1 atom stereocenters. The second kappa shape index (κ2) is 19.4. The van der Waals surface area contributed by atoms with Crippen LogP contribution in [0.1, 0.15) is 22.3 Å². The zero-order chi connectivity index (χ0) is 43.1. The van der Waals surface area contributed by atoms with Gasteiger partial charge in [-0.05, 0) is 110 Å². The minimum Gasteiger partial charge on any atom is -0.380 e. The van der Waals surface area contributed by atoms with E-state index >= 15 is 0 Å². The summed E-state index contributed by atoms with van der Waals surface area (Å²) in [5.41, 5.74) is -1.90. The van der Waals surface area contributed by atoms with Crippen LogP contribution in [0.5, 0.6) is 0 Å². The van der Waals surface area contributed by atoms with Gasteiger partial charge in [0, 0.05) is 65.7 Å². The van der Waals surface area contributed by atoms with Crippen LogP contribution in [0.3, 0.4) is 0 Å². The summed E-state index contributed by atoms with van der Waals surface area (Å²) in [7, 11) is -7.20. The number of nitrogens with one attached hydrogen (secondary N) is 2. The number of hydrogen-bond donors (Lipinski definition) is 2. The van der Waals surface area contributed by atoms with Gasteiger partial charge in [0.05, 0.1) is 10.6 Å². The van der Waals surface area contributed by atoms with Crippen molar-refractivity contribution in [3.63, 3.8) is 0 Å². The second-order valence-corrected chi connectivity index (χ2v) is 19.7. The van der Waals surface area contributed by atoms with E-state index in [1.54, 1.807) is 12.1 Å². The van der Waals surface area contributed by atoms with Gasteiger partial charge in [0.1, 0.15) is 4.90 Å². The molecule has 1 unspecified atom stereocenters. The highest BCUT2D eigenvalue weighted by atomic mass is 35.5. The smallest absolute Gasteiger partial charge is 0.380 e. The molecule has 2 N–H and O–H groups in total. The van der Waals surface area contributed by atoms with Crippen LogP contribution < -0.4 is 14.9 Å². The lowest BCUT2D eigenvalue weighted by Gasteiger charge is -2.36. The van der Waals surface area contributed by atoms with E-state index < -0.39 is 52.8 Å². The number of anilines is 2. The minimum atomic E-state index is -6.03. The standard InChI is InChI=1S/C43H45ClF3N5O5S3/c1-50(2)23-22-35(30-58-37-9-4-3-5-10-37)48-40-21-20-38(28-41(40)59(54,55)43(45,46)47)60(56,57)49-42(53)32-14-18-36(19-15-32)52-26-24-51(25-27-52)29-33-8-6-7-11-39(33)31-12-16-34(44)17-13-31/h3-21,28,35,48H,22-27,29-30H2,1-2H3,(H,49,53). The Balaban J connectivity index is 1.12. The lowest BCUT2D eigenvalue weighted by atomic mass is 9.99. The molecule has 1 amide bonds. The predicted molar refractivity (Wildman–Crippen MR) is 233 cm³/mol. The summed E-state index contributed by atoms with van der Waals surface area (Å²) in [6.07, 6.45) is 0.435. The molecule has 17 heteroatoms. The quantitative estimate of drug-likeness (QED) is 0.0938. The molecule has 1 heterocycles. The molecule has 0 radical (unpaired) electrons. The van der Waals surface area contributed by atoms with Gasteiger partial charge in [-0.3, -0.25) is 9.69 Å². The largest absolute Gasteiger partial charge is 0.501 e. The van der Waals surface area contributed by atoms with E-state index in [9.17, 15) is 34.8 Å². The fraction of sp³-hybridized carbons (Fsp3) is 0.279. The van der Waals surface area contributed by atoms with Crippen molar-refractivity contribution in [2.24, 2.45) is 0 Å². The van der Waals surface area contributed by atoms with Crippen LogP contribution in [0.15, 0.2) is 136 Å². The Morgan fingerprint density at radius 2 is 1.48 bits per heavy atom. The van der Waals surface area contributed by atoms with Gasteiger partial charge in [0.2, 0.25) is 0 Å². The lowest BCUT2D eigenvalue weighted by Crippen LogP contribution is -2.46. The Labute approximate surface area is 358 Å². The van der Waals surface area contributed by atoms with E-state index in [-0.39, 0.29) is 5.56 Å². The highest BCUT2D eigenvalue weighted by Gasteiger charge is 2.48. The van der Waals surface area contributed by atoms with Crippen molar-refractivity contribution in [1.29, 1.82) is 0 Å². The number of thioether (sulfide) groups is 1. The fourth-order valence-corrected chi connectivity index (χ4v) is 9.86. The van der Waals surface area contributed by atoms with Crippen LogP contribution in [-0.2, 0) is 26.4 Å². The first-order chi connectivity index (χ1) is 28.5.